The van der Waals surface area contributed by atoms with Crippen molar-refractivity contribution in [3.05, 3.63) is 60.2 Å². The summed E-state index contributed by atoms with van der Waals surface area (Å²) in [6.45, 7) is 0. The monoisotopic (exact) mass is 272 g/mol. The molecule has 3 aromatic carbocycles. The molecule has 21 heavy (non-hydrogen) atoms. The second-order valence-electron chi connectivity index (χ2n) is 4.67. The predicted molar refractivity (Wildman–Crippen MR) is 81.9 cm³/mol. The van der Waals surface area contributed by atoms with Crippen molar-refractivity contribution in [2.75, 3.05) is 0 Å². The quantitative estimate of drug-likeness (QED) is 0.415. The summed E-state index contributed by atoms with van der Waals surface area (Å²) < 4.78 is 0. The number of aliphatic imine (C=N–C) groups is 1. The molecule has 4 rings (SSSR count). The smallest absolute Gasteiger partial charge is 0.111 e. The average molecular weight is 272 g/mol. The zero-order valence-corrected chi connectivity index (χ0v) is 11.0. The number of hydrogen-bond donors (Lipinski definition) is 0. The van der Waals surface area contributed by atoms with Gasteiger partial charge < -0.3 is 4.99 Å². The van der Waals surface area contributed by atoms with Gasteiger partial charge in [-0.2, -0.15) is 5.21 Å². The van der Waals surface area contributed by atoms with Gasteiger partial charge in [0.05, 0.1) is 0 Å². The van der Waals surface area contributed by atoms with E-state index in [4.69, 9.17) is 0 Å². The Labute approximate surface area is 120 Å². The van der Waals surface area contributed by atoms with E-state index in [9.17, 15) is 0 Å². The Bertz CT molecular complexity index is 887. The zero-order valence-electron chi connectivity index (χ0n) is 11.0. The number of benzene rings is 3. The normalized spacial score (nSPS) is 11.6. The fourth-order valence-electron chi connectivity index (χ4n) is 2.50. The predicted octanol–water partition coefficient (Wildman–Crippen LogP) is 2.89. The fourth-order valence-corrected chi connectivity index (χ4v) is 2.50. The van der Waals surface area contributed by atoms with Gasteiger partial charge in [0.2, 0.25) is 0 Å². The second-order valence-corrected chi connectivity index (χ2v) is 4.67. The van der Waals surface area contributed by atoms with Crippen LogP contribution in [0.2, 0.25) is 0 Å². The van der Waals surface area contributed by atoms with Crippen molar-refractivity contribution in [2.45, 2.75) is 0 Å². The highest BCUT2D eigenvalue weighted by Gasteiger charge is 2.04. The van der Waals surface area contributed by atoms with E-state index in [0.29, 0.717) is 0 Å². The van der Waals surface area contributed by atoms with Gasteiger partial charge in [0.1, 0.15) is 5.95 Å². The molecule has 100 valence electrons. The summed E-state index contributed by atoms with van der Waals surface area (Å²) in [5, 5.41) is 19.0. The third-order valence-electron chi connectivity index (χ3n) is 3.43. The van der Waals surface area contributed by atoms with E-state index in [0.717, 1.165) is 16.3 Å². The molecule has 0 aliphatic carbocycles. The van der Waals surface area contributed by atoms with Crippen molar-refractivity contribution in [2.24, 2.45) is 4.99 Å². The minimum atomic E-state index is 0.270. The van der Waals surface area contributed by atoms with Crippen LogP contribution in [-0.4, -0.2) is 21.7 Å². The molecule has 0 spiro atoms. The fraction of sp³-hybridized carbons (Fsp3) is 0. The number of fused-ring (bicyclic) bond motifs is 2. The minimum Gasteiger partial charge on any atom is -0.327 e. The first-order chi connectivity index (χ1) is 10.4. The van der Waals surface area contributed by atoms with E-state index in [2.05, 4.69) is 55.9 Å². The van der Waals surface area contributed by atoms with Crippen LogP contribution >= 0.6 is 0 Å². The van der Waals surface area contributed by atoms with Crippen LogP contribution in [0.1, 0.15) is 5.56 Å². The molecule has 0 saturated heterocycles. The highest BCUT2D eigenvalue weighted by Crippen LogP contribution is 2.27. The highest BCUT2D eigenvalue weighted by molar-refractivity contribution is 6.13. The van der Waals surface area contributed by atoms with Gasteiger partial charge in [0.15, 0.2) is 0 Å². The zero-order chi connectivity index (χ0) is 14.1. The van der Waals surface area contributed by atoms with Gasteiger partial charge in [-0.3, -0.25) is 5.10 Å². The molecule has 0 saturated carbocycles. The Hall–Kier alpha value is -3.08. The number of hydrogen-bond acceptors (Lipinski definition) is 4. The molecule has 0 aliphatic rings. The van der Waals surface area contributed by atoms with Crippen LogP contribution in [0, 0.1) is 0 Å². The van der Waals surface area contributed by atoms with E-state index in [1.807, 2.05) is 24.3 Å². The molecule has 5 nitrogen and oxygen atoms in total. The topological polar surface area (TPSA) is 65.1 Å². The van der Waals surface area contributed by atoms with Gasteiger partial charge in [-0.15, -0.1) is 5.21 Å². The van der Waals surface area contributed by atoms with Crippen molar-refractivity contribution in [1.29, 1.82) is 0 Å². The maximum absolute atomic E-state index is 4.26. The Morgan fingerprint density at radius 1 is 0.905 bits per heavy atom. The first-order valence-electron chi connectivity index (χ1n) is 6.55. The lowest BCUT2D eigenvalue weighted by Gasteiger charge is -2.08. The van der Waals surface area contributed by atoms with Crippen LogP contribution in [-0.2, 0) is 0 Å². The lowest BCUT2D eigenvalue weighted by atomic mass is 9.97. The summed E-state index contributed by atoms with van der Waals surface area (Å²) >= 11 is 0. The van der Waals surface area contributed by atoms with Crippen LogP contribution in [0.25, 0.3) is 21.5 Å². The Morgan fingerprint density at radius 3 is 2.19 bits per heavy atom. The SMILES string of the molecule is C(=Nc1nnn[n-]1)c1c2ccccc2cc2ccccc12. The summed E-state index contributed by atoms with van der Waals surface area (Å²) in [6, 6.07) is 18.7. The number of aromatic nitrogens is 4. The molecule has 0 atom stereocenters. The van der Waals surface area contributed by atoms with Crippen molar-refractivity contribution in [1.82, 2.24) is 20.6 Å². The van der Waals surface area contributed by atoms with Crippen molar-refractivity contribution < 1.29 is 0 Å². The van der Waals surface area contributed by atoms with E-state index in [-0.39, 0.29) is 5.95 Å². The van der Waals surface area contributed by atoms with E-state index >= 15 is 0 Å². The standard InChI is InChI=1S/C16H10N5/c1-3-7-13-11(5-1)9-12-6-2-4-8-14(12)15(13)10-17-16-18-20-21-19-16/h1-10H/q-1. The summed E-state index contributed by atoms with van der Waals surface area (Å²) in [4.78, 5) is 4.26. The van der Waals surface area contributed by atoms with Crippen LogP contribution < -0.4 is 5.10 Å². The van der Waals surface area contributed by atoms with Crippen LogP contribution in [0.4, 0.5) is 5.95 Å². The third-order valence-corrected chi connectivity index (χ3v) is 3.43. The summed E-state index contributed by atoms with van der Waals surface area (Å²) in [7, 11) is 0. The Morgan fingerprint density at radius 2 is 1.57 bits per heavy atom. The molecule has 1 heterocycles. The Kier molecular flexibility index (Phi) is 2.67. The second kappa shape index (κ2) is 4.79. The largest absolute Gasteiger partial charge is 0.327 e. The van der Waals surface area contributed by atoms with Crippen molar-refractivity contribution >= 4 is 33.7 Å². The summed E-state index contributed by atoms with van der Waals surface area (Å²) in [5.74, 6) is 0.270. The molecule has 0 bridgehead atoms. The lowest BCUT2D eigenvalue weighted by Crippen LogP contribution is -1.88. The van der Waals surface area contributed by atoms with Gasteiger partial charge in [-0.1, -0.05) is 48.5 Å². The van der Waals surface area contributed by atoms with Gasteiger partial charge in [0, 0.05) is 0 Å². The first kappa shape index (κ1) is 11.7. The molecule has 0 radical (unpaired) electrons. The average Bonchev–Trinajstić information content (AvgIpc) is 3.05. The van der Waals surface area contributed by atoms with Crippen molar-refractivity contribution in [3.63, 3.8) is 0 Å². The molecule has 0 amide bonds. The van der Waals surface area contributed by atoms with Crippen LogP contribution in [0.15, 0.2) is 59.6 Å². The van der Waals surface area contributed by atoms with E-state index in [1.165, 1.54) is 10.8 Å². The van der Waals surface area contributed by atoms with Crippen LogP contribution in [0.3, 0.4) is 0 Å². The molecule has 0 aliphatic heterocycles. The first-order valence-corrected chi connectivity index (χ1v) is 6.55. The summed E-state index contributed by atoms with van der Waals surface area (Å²) in [5.41, 5.74) is 1.05. The van der Waals surface area contributed by atoms with E-state index in [1.54, 1.807) is 6.21 Å². The highest BCUT2D eigenvalue weighted by atomic mass is 15.5. The number of nitrogens with zero attached hydrogens (tertiary/aromatic N) is 5. The summed E-state index contributed by atoms with van der Waals surface area (Å²) in [6.07, 6.45) is 1.78. The van der Waals surface area contributed by atoms with E-state index < -0.39 is 0 Å². The molecule has 0 fully saturated rings. The molecule has 0 unspecified atom stereocenters. The molecule has 1 aromatic heterocycles. The maximum atomic E-state index is 4.26. The lowest BCUT2D eigenvalue weighted by molar-refractivity contribution is 0.871. The van der Waals surface area contributed by atoms with Gasteiger partial charge in [-0.25, -0.2) is 5.10 Å². The Balaban J connectivity index is 2.02. The van der Waals surface area contributed by atoms with Crippen molar-refractivity contribution in [3.8, 4) is 0 Å². The third kappa shape index (κ3) is 2.04. The minimum absolute atomic E-state index is 0.270. The maximum Gasteiger partial charge on any atom is 0.111 e. The van der Waals surface area contributed by atoms with Crippen LogP contribution in [0.5, 0.6) is 0 Å². The molecule has 5 heteroatoms. The molecular weight excluding hydrogens is 262 g/mol. The van der Waals surface area contributed by atoms with Gasteiger partial charge >= 0.3 is 0 Å². The van der Waals surface area contributed by atoms with Gasteiger partial charge in [-0.05, 0) is 39.4 Å². The molecule has 4 aromatic rings. The number of rotatable bonds is 2. The number of tetrazole rings is 1. The molecule has 0 N–H and O–H groups in total. The van der Waals surface area contributed by atoms with Gasteiger partial charge in [0.25, 0.3) is 0 Å². The molecular formula is C16H10N5-.